The van der Waals surface area contributed by atoms with Crippen LogP contribution in [0.15, 0.2) is 36.7 Å². The molecule has 0 radical (unpaired) electrons. The van der Waals surface area contributed by atoms with E-state index in [0.29, 0.717) is 28.5 Å². The molecule has 2 heterocycles. The maximum absolute atomic E-state index is 14.0. The molecule has 0 bridgehead atoms. The van der Waals surface area contributed by atoms with Crippen molar-refractivity contribution in [2.24, 2.45) is 11.8 Å². The Hall–Kier alpha value is -3.27. The number of nitriles is 1. The Kier molecular flexibility index (Phi) is 3.46. The highest BCUT2D eigenvalue weighted by Crippen LogP contribution is 2.38. The molecule has 25 heavy (non-hydrogen) atoms. The summed E-state index contributed by atoms with van der Waals surface area (Å²) in [4.78, 5) is 16.4. The summed E-state index contributed by atoms with van der Waals surface area (Å²) < 4.78 is 15.6. The summed E-state index contributed by atoms with van der Waals surface area (Å²) in [7, 11) is 0. The molecule has 2 unspecified atom stereocenters. The van der Waals surface area contributed by atoms with Gasteiger partial charge in [0, 0.05) is 23.2 Å². The number of aromatic nitrogens is 3. The van der Waals surface area contributed by atoms with Crippen molar-refractivity contribution in [2.75, 3.05) is 5.32 Å². The third-order valence-electron chi connectivity index (χ3n) is 4.48. The van der Waals surface area contributed by atoms with Gasteiger partial charge in [0.2, 0.25) is 5.91 Å². The van der Waals surface area contributed by atoms with E-state index in [-0.39, 0.29) is 17.4 Å². The van der Waals surface area contributed by atoms with E-state index in [9.17, 15) is 9.18 Å². The summed E-state index contributed by atoms with van der Waals surface area (Å²) in [5, 5.41) is 15.9. The third-order valence-corrected chi connectivity index (χ3v) is 4.48. The van der Waals surface area contributed by atoms with Gasteiger partial charge in [-0.05, 0) is 30.5 Å². The third kappa shape index (κ3) is 2.72. The Bertz CT molecular complexity index is 1040. The van der Waals surface area contributed by atoms with Crippen molar-refractivity contribution in [3.05, 3.63) is 48.0 Å². The van der Waals surface area contributed by atoms with Gasteiger partial charge in [-0.15, -0.1) is 0 Å². The van der Waals surface area contributed by atoms with Crippen LogP contribution in [-0.2, 0) is 4.79 Å². The second-order valence-electron chi connectivity index (χ2n) is 6.27. The predicted octanol–water partition coefficient (Wildman–Crippen LogP) is 3.00. The highest BCUT2D eigenvalue weighted by atomic mass is 19.1. The Morgan fingerprint density at radius 1 is 1.40 bits per heavy atom. The van der Waals surface area contributed by atoms with Gasteiger partial charge in [0.05, 0.1) is 11.3 Å². The van der Waals surface area contributed by atoms with Crippen LogP contribution in [0.4, 0.5) is 10.1 Å². The lowest BCUT2D eigenvalue weighted by atomic mass is 10.1. The number of nitrogens with one attached hydrogen (secondary N) is 1. The van der Waals surface area contributed by atoms with Crippen molar-refractivity contribution in [1.29, 1.82) is 5.26 Å². The van der Waals surface area contributed by atoms with E-state index >= 15 is 0 Å². The van der Waals surface area contributed by atoms with Crippen molar-refractivity contribution in [1.82, 2.24) is 14.6 Å². The van der Waals surface area contributed by atoms with Gasteiger partial charge in [-0.1, -0.05) is 13.0 Å². The van der Waals surface area contributed by atoms with E-state index in [1.807, 2.05) is 6.92 Å². The minimum atomic E-state index is -0.602. The molecule has 7 heteroatoms. The van der Waals surface area contributed by atoms with Gasteiger partial charge in [0.15, 0.2) is 5.65 Å². The van der Waals surface area contributed by atoms with Crippen LogP contribution in [-0.4, -0.2) is 20.5 Å². The molecule has 0 aliphatic heterocycles. The Balaban J connectivity index is 1.77. The molecule has 1 amide bonds. The first kappa shape index (κ1) is 15.3. The molecule has 4 rings (SSSR count). The number of amides is 1. The van der Waals surface area contributed by atoms with E-state index in [0.717, 1.165) is 6.42 Å². The molecule has 1 aromatic carbocycles. The fourth-order valence-corrected chi connectivity index (χ4v) is 2.89. The quantitative estimate of drug-likeness (QED) is 0.797. The summed E-state index contributed by atoms with van der Waals surface area (Å²) in [6.07, 6.45) is 2.29. The molecule has 1 aliphatic rings. The topological polar surface area (TPSA) is 83.1 Å². The van der Waals surface area contributed by atoms with E-state index in [2.05, 4.69) is 15.4 Å². The smallest absolute Gasteiger partial charge is 0.227 e. The second-order valence-corrected chi connectivity index (χ2v) is 6.27. The van der Waals surface area contributed by atoms with E-state index in [4.69, 9.17) is 5.26 Å². The minimum Gasteiger partial charge on any atom is -0.326 e. The van der Waals surface area contributed by atoms with Gasteiger partial charge in [-0.2, -0.15) is 10.4 Å². The minimum absolute atomic E-state index is 0.0201. The fraction of sp³-hybridized carbons (Fsp3) is 0.222. The molecule has 6 nitrogen and oxygen atoms in total. The number of hydrogen-bond acceptors (Lipinski definition) is 4. The van der Waals surface area contributed by atoms with Crippen LogP contribution in [0.25, 0.3) is 16.9 Å². The number of fused-ring (bicyclic) bond motifs is 1. The average molecular weight is 335 g/mol. The molecular weight excluding hydrogens is 321 g/mol. The number of benzene rings is 1. The SMILES string of the molecule is CC1CC1C(=O)Nc1cc(-c2ccc(C#N)c(F)c2)n2ncnc2c1. The summed E-state index contributed by atoms with van der Waals surface area (Å²) >= 11 is 0. The zero-order valence-electron chi connectivity index (χ0n) is 13.4. The second kappa shape index (κ2) is 5.67. The average Bonchev–Trinajstić information content (AvgIpc) is 3.14. The zero-order chi connectivity index (χ0) is 17.6. The molecule has 1 N–H and O–H groups in total. The lowest BCUT2D eigenvalue weighted by molar-refractivity contribution is -0.117. The summed E-state index contributed by atoms with van der Waals surface area (Å²) in [6, 6.07) is 9.60. The van der Waals surface area contributed by atoms with Gasteiger partial charge in [0.25, 0.3) is 0 Å². The maximum Gasteiger partial charge on any atom is 0.227 e. The molecule has 3 aromatic rings. The van der Waals surface area contributed by atoms with Crippen LogP contribution in [0.5, 0.6) is 0 Å². The van der Waals surface area contributed by atoms with Crippen LogP contribution < -0.4 is 5.32 Å². The number of hydrogen-bond donors (Lipinski definition) is 1. The van der Waals surface area contributed by atoms with Gasteiger partial charge < -0.3 is 5.32 Å². The Morgan fingerprint density at radius 3 is 2.88 bits per heavy atom. The first-order valence-electron chi connectivity index (χ1n) is 7.91. The monoisotopic (exact) mass is 335 g/mol. The van der Waals surface area contributed by atoms with Crippen LogP contribution in [0.1, 0.15) is 18.9 Å². The first-order valence-corrected chi connectivity index (χ1v) is 7.91. The molecule has 2 atom stereocenters. The van der Waals surface area contributed by atoms with Gasteiger partial charge >= 0.3 is 0 Å². The van der Waals surface area contributed by atoms with Crippen LogP contribution in [0, 0.1) is 29.0 Å². The normalized spacial score (nSPS) is 18.8. The molecule has 2 aromatic heterocycles. The number of anilines is 1. The number of halogens is 1. The highest BCUT2D eigenvalue weighted by Gasteiger charge is 2.39. The Labute approximate surface area is 142 Å². The van der Waals surface area contributed by atoms with Crippen molar-refractivity contribution in [2.45, 2.75) is 13.3 Å². The van der Waals surface area contributed by atoms with E-state index in [1.54, 1.807) is 28.8 Å². The van der Waals surface area contributed by atoms with Gasteiger partial charge in [-0.3, -0.25) is 4.79 Å². The van der Waals surface area contributed by atoms with Crippen molar-refractivity contribution in [3.8, 4) is 17.3 Å². The number of pyridine rings is 1. The summed E-state index contributed by atoms with van der Waals surface area (Å²) in [6.45, 7) is 2.04. The van der Waals surface area contributed by atoms with Gasteiger partial charge in [0.1, 0.15) is 18.2 Å². The number of rotatable bonds is 3. The van der Waals surface area contributed by atoms with Crippen molar-refractivity contribution >= 4 is 17.2 Å². The lowest BCUT2D eigenvalue weighted by Crippen LogP contribution is -2.15. The largest absolute Gasteiger partial charge is 0.326 e. The van der Waals surface area contributed by atoms with Crippen molar-refractivity contribution < 1.29 is 9.18 Å². The molecular formula is C18H14FN5O. The van der Waals surface area contributed by atoms with Crippen molar-refractivity contribution in [3.63, 3.8) is 0 Å². The number of carbonyl (C=O) groups is 1. The standard InChI is InChI=1S/C18H14FN5O/c1-10-4-14(10)18(25)23-13-6-16(24-17(7-13)21-9-22-24)11-2-3-12(8-20)15(19)5-11/h2-3,5-7,9-10,14H,4H2,1H3,(H,23,25). The molecule has 1 saturated carbocycles. The number of nitrogens with zero attached hydrogens (tertiary/aromatic N) is 4. The molecule has 0 saturated heterocycles. The molecule has 1 aliphatic carbocycles. The number of carbonyl (C=O) groups excluding carboxylic acids is 1. The maximum atomic E-state index is 14.0. The molecule has 124 valence electrons. The lowest BCUT2D eigenvalue weighted by Gasteiger charge is -2.10. The Morgan fingerprint density at radius 2 is 2.20 bits per heavy atom. The van der Waals surface area contributed by atoms with Crippen LogP contribution in [0.3, 0.4) is 0 Å². The summed E-state index contributed by atoms with van der Waals surface area (Å²) in [5.74, 6) is -0.170. The zero-order valence-corrected chi connectivity index (χ0v) is 13.4. The van der Waals surface area contributed by atoms with E-state index in [1.165, 1.54) is 18.5 Å². The molecule has 1 fully saturated rings. The van der Waals surface area contributed by atoms with E-state index < -0.39 is 5.82 Å². The highest BCUT2D eigenvalue weighted by molar-refractivity contribution is 5.95. The van der Waals surface area contributed by atoms with Crippen LogP contribution in [0.2, 0.25) is 0 Å². The first-order chi connectivity index (χ1) is 12.1. The predicted molar refractivity (Wildman–Crippen MR) is 89.0 cm³/mol. The van der Waals surface area contributed by atoms with Gasteiger partial charge in [-0.25, -0.2) is 13.9 Å². The molecule has 0 spiro atoms. The fourth-order valence-electron chi connectivity index (χ4n) is 2.89. The van der Waals surface area contributed by atoms with Crippen LogP contribution >= 0.6 is 0 Å². The summed E-state index contributed by atoms with van der Waals surface area (Å²) in [5.41, 5.74) is 2.23.